The third-order valence-corrected chi connectivity index (χ3v) is 19.0. The number of hydrogen-bond donors (Lipinski definition) is 0. The highest BCUT2D eigenvalue weighted by Crippen LogP contribution is 2.51. The minimum Gasteiger partial charge on any atom is -0.0622 e. The molecule has 17 aromatic carbocycles. The summed E-state index contributed by atoms with van der Waals surface area (Å²) in [5.41, 5.74) is 15.0. The van der Waals surface area contributed by atoms with Crippen molar-refractivity contribution in [1.82, 2.24) is 0 Å². The molecule has 0 aliphatic heterocycles. The zero-order valence-electron chi connectivity index (χ0n) is 45.7. The predicted molar refractivity (Wildman–Crippen MR) is 354 cm³/mol. The molecule has 0 N–H and O–H groups in total. The summed E-state index contributed by atoms with van der Waals surface area (Å²) < 4.78 is 0. The van der Waals surface area contributed by atoms with Crippen molar-refractivity contribution in [2.45, 2.75) is 0 Å². The fourth-order valence-electron chi connectivity index (χ4n) is 15.7. The monoisotopic (exact) mass is 1060 g/mol. The smallest absolute Gasteiger partial charge is 0.000718 e. The SMILES string of the molecule is c1ccc(-c2ccccc2-c2c3c(c(-c4ccccc4)c4cc5ccccc5cc24)=c2ccc4c5ccc6c7c(ccc(c8ccc=3c2c48)c75)=c2cc3c(-c4ccccc4)c4ccccc4c(-c4ccccc4-c4ccccc4)c3cc2=6)cc1. The van der Waals surface area contributed by atoms with Gasteiger partial charge >= 0.3 is 0 Å². The van der Waals surface area contributed by atoms with E-state index in [1.807, 2.05) is 0 Å². The molecule has 0 spiro atoms. The van der Waals surface area contributed by atoms with E-state index in [1.54, 1.807) is 0 Å². The van der Waals surface area contributed by atoms with Crippen LogP contribution >= 0.6 is 0 Å². The molecular formula is C84H48. The Morgan fingerprint density at radius 3 is 0.988 bits per heavy atom. The molecule has 0 nitrogen and oxygen atoms in total. The molecule has 0 saturated carbocycles. The minimum absolute atomic E-state index is 1.21. The molecular weight excluding hydrogens is 1010 g/mol. The lowest BCUT2D eigenvalue weighted by Gasteiger charge is -2.20. The van der Waals surface area contributed by atoms with Gasteiger partial charge in [0.15, 0.2) is 0 Å². The van der Waals surface area contributed by atoms with E-state index in [2.05, 4.69) is 291 Å². The molecule has 17 aromatic rings. The first-order valence-electron chi connectivity index (χ1n) is 29.4. The first-order chi connectivity index (χ1) is 41.7. The van der Waals surface area contributed by atoms with E-state index in [4.69, 9.17) is 0 Å². The Bertz CT molecular complexity index is 6150. The molecule has 0 aromatic heterocycles. The van der Waals surface area contributed by atoms with Gasteiger partial charge in [-0.05, 0) is 219 Å². The number of fused-ring (bicyclic) bond motifs is 8. The Balaban J connectivity index is 0.970. The molecule has 0 fully saturated rings. The molecule has 0 heterocycles. The molecule has 2 aliphatic rings. The lowest BCUT2D eigenvalue weighted by atomic mass is 9.83. The third kappa shape index (κ3) is 6.21. The van der Waals surface area contributed by atoms with Crippen molar-refractivity contribution in [3.8, 4) is 66.8 Å². The van der Waals surface area contributed by atoms with Gasteiger partial charge in [0, 0.05) is 0 Å². The lowest BCUT2D eigenvalue weighted by Crippen LogP contribution is -1.94. The fraction of sp³-hybridized carbons (Fsp3) is 0. The Hall–Kier alpha value is -10.9. The van der Waals surface area contributed by atoms with Crippen LogP contribution in [-0.4, -0.2) is 0 Å². The number of rotatable bonds is 6. The highest BCUT2D eigenvalue weighted by atomic mass is 14.3. The van der Waals surface area contributed by atoms with Crippen molar-refractivity contribution in [2.75, 3.05) is 0 Å². The van der Waals surface area contributed by atoms with Crippen LogP contribution in [-0.2, 0) is 0 Å². The van der Waals surface area contributed by atoms with Gasteiger partial charge < -0.3 is 0 Å². The van der Waals surface area contributed by atoms with Crippen LogP contribution in [0, 0.1) is 41.7 Å². The van der Waals surface area contributed by atoms with Crippen LogP contribution in [0.5, 0.6) is 0 Å². The first kappa shape index (κ1) is 45.8. The summed E-state index contributed by atoms with van der Waals surface area (Å²) >= 11 is 0. The van der Waals surface area contributed by atoms with E-state index in [0.29, 0.717) is 0 Å². The van der Waals surface area contributed by atoms with Gasteiger partial charge in [-0.3, -0.25) is 0 Å². The molecule has 84 heavy (non-hydrogen) atoms. The zero-order valence-corrected chi connectivity index (χ0v) is 45.7. The zero-order chi connectivity index (χ0) is 54.7. The second-order valence-electron chi connectivity index (χ2n) is 23.2. The van der Waals surface area contributed by atoms with E-state index in [9.17, 15) is 0 Å². The van der Waals surface area contributed by atoms with Crippen molar-refractivity contribution >= 4 is 86.2 Å². The number of benzene rings is 17. The van der Waals surface area contributed by atoms with Crippen molar-refractivity contribution < 1.29 is 0 Å². The normalized spacial score (nSPS) is 12.3. The summed E-state index contributed by atoms with van der Waals surface area (Å²) in [6.45, 7) is 0. The third-order valence-electron chi connectivity index (χ3n) is 19.0. The standard InChI is InChI=1S/C84H48/c1-5-21-49(22-6-1)55-31-15-17-33-57(55)77-60-36-20-19-35-59(60)75(51-25-9-3-10-26-51)73-47-69-65-39-37-62-64-42-44-68-82-67(43-41-63(79(64)82)61-38-40-66(80(65)78(61)62)70(69)48-74(73)77)83-76(52-27-11-4-12-28-52)71-45-53-29-13-14-30-54(53)46-72(71)81(84(68)83)58-34-18-16-32-56(58)50-23-7-2-8-24-50/h1-48H. The molecule has 2 aliphatic carbocycles. The van der Waals surface area contributed by atoms with Crippen molar-refractivity contribution in [3.05, 3.63) is 333 Å². The Kier molecular flexibility index (Phi) is 9.43. The van der Waals surface area contributed by atoms with E-state index in [0.717, 1.165) is 0 Å². The topological polar surface area (TPSA) is 0 Å². The molecule has 0 radical (unpaired) electrons. The summed E-state index contributed by atoms with van der Waals surface area (Å²) in [5, 5.41) is 31.1. The molecule has 0 unspecified atom stereocenters. The van der Waals surface area contributed by atoms with Gasteiger partial charge in [0.1, 0.15) is 0 Å². The van der Waals surface area contributed by atoms with E-state index >= 15 is 0 Å². The molecule has 0 heteroatoms. The quantitative estimate of drug-likeness (QED) is 0.115. The van der Waals surface area contributed by atoms with Gasteiger partial charge in [-0.2, -0.15) is 0 Å². The van der Waals surface area contributed by atoms with Crippen molar-refractivity contribution in [2.24, 2.45) is 0 Å². The van der Waals surface area contributed by atoms with Gasteiger partial charge in [-0.25, -0.2) is 0 Å². The van der Waals surface area contributed by atoms with Crippen LogP contribution in [0.15, 0.2) is 291 Å². The van der Waals surface area contributed by atoms with Gasteiger partial charge in [0.2, 0.25) is 0 Å². The highest BCUT2D eigenvalue weighted by Gasteiger charge is 2.26. The maximum absolute atomic E-state index is 2.55. The van der Waals surface area contributed by atoms with Crippen LogP contribution in [0.4, 0.5) is 0 Å². The average molecular weight is 1060 g/mol. The van der Waals surface area contributed by atoms with Gasteiger partial charge in [0.05, 0.1) is 0 Å². The van der Waals surface area contributed by atoms with Gasteiger partial charge in [-0.1, -0.05) is 267 Å². The van der Waals surface area contributed by atoms with Crippen LogP contribution in [0.3, 0.4) is 0 Å². The summed E-state index contributed by atoms with van der Waals surface area (Å²) in [7, 11) is 0. The Morgan fingerprint density at radius 1 is 0.155 bits per heavy atom. The summed E-state index contributed by atoms with van der Waals surface area (Å²) in [5.74, 6) is 0. The molecule has 0 amide bonds. The highest BCUT2D eigenvalue weighted by molar-refractivity contribution is 6.34. The van der Waals surface area contributed by atoms with E-state index < -0.39 is 0 Å². The van der Waals surface area contributed by atoms with Crippen LogP contribution in [0.2, 0.25) is 0 Å². The predicted octanol–water partition coefficient (Wildman–Crippen LogP) is 22.1. The molecule has 384 valence electrons. The summed E-state index contributed by atoms with van der Waals surface area (Å²) in [4.78, 5) is 0. The molecule has 0 atom stereocenters. The molecule has 0 saturated heterocycles. The van der Waals surface area contributed by atoms with E-state index in [-0.39, 0.29) is 0 Å². The maximum atomic E-state index is 2.55. The molecule has 19 rings (SSSR count). The van der Waals surface area contributed by atoms with E-state index in [1.165, 1.54) is 195 Å². The second kappa shape index (κ2) is 17.3. The van der Waals surface area contributed by atoms with Crippen LogP contribution < -0.4 is 0 Å². The Morgan fingerprint density at radius 2 is 0.488 bits per heavy atom. The fourth-order valence-corrected chi connectivity index (χ4v) is 15.7. The largest absolute Gasteiger partial charge is 0.0622 e. The second-order valence-corrected chi connectivity index (χ2v) is 23.2. The maximum Gasteiger partial charge on any atom is -0.000718 e. The van der Waals surface area contributed by atoms with Gasteiger partial charge in [-0.15, -0.1) is 0 Å². The summed E-state index contributed by atoms with van der Waals surface area (Å²) in [6.07, 6.45) is 0. The molecule has 0 bridgehead atoms. The Labute approximate surface area is 483 Å². The first-order valence-corrected chi connectivity index (χ1v) is 29.4. The lowest BCUT2D eigenvalue weighted by molar-refractivity contribution is 1.49. The number of hydrogen-bond acceptors (Lipinski definition) is 0. The van der Waals surface area contributed by atoms with Crippen LogP contribution in [0.1, 0.15) is 0 Å². The summed E-state index contributed by atoms with van der Waals surface area (Å²) in [6, 6.07) is 110. The van der Waals surface area contributed by atoms with Crippen molar-refractivity contribution in [3.63, 3.8) is 0 Å². The van der Waals surface area contributed by atoms with Crippen molar-refractivity contribution in [1.29, 1.82) is 0 Å². The average Bonchev–Trinajstić information content (AvgIpc) is 1.69. The minimum atomic E-state index is 1.21. The van der Waals surface area contributed by atoms with Gasteiger partial charge in [0.25, 0.3) is 0 Å². The van der Waals surface area contributed by atoms with Crippen LogP contribution in [0.25, 0.3) is 153 Å².